The smallest absolute Gasteiger partial charge is 0.260 e. The number of imidazole rings is 1. The topological polar surface area (TPSA) is 59.3 Å². The molecule has 0 saturated heterocycles. The van der Waals surface area contributed by atoms with E-state index in [1.807, 2.05) is 31.2 Å². The Morgan fingerprint density at radius 3 is 2.71 bits per heavy atom. The third kappa shape index (κ3) is 3.48. The van der Waals surface area contributed by atoms with E-state index in [0.29, 0.717) is 12.1 Å². The lowest BCUT2D eigenvalue weighted by Gasteiger charge is -2.06. The largest absolute Gasteiger partial charge is 0.321 e. The molecule has 3 aromatic rings. The molecule has 0 saturated carbocycles. The highest BCUT2D eigenvalue weighted by atomic mass is 19.1. The highest BCUT2D eigenvalue weighted by Gasteiger charge is 2.07. The summed E-state index contributed by atoms with van der Waals surface area (Å²) in [5.41, 5.74) is 5.77. The Morgan fingerprint density at radius 2 is 1.96 bits per heavy atom. The molecular weight excluding hydrogens is 307 g/mol. The standard InChI is InChI=1S/C18H17FN4O/c1-2-15(13-7-9-14(19)10-8-13)21-22-18(24)11-23-12-20-16-5-3-4-6-17(16)23/h3-10,12H,2,11H2,1H3,(H,22,24)/b21-15+. The second-order valence-corrected chi connectivity index (χ2v) is 5.32. The minimum absolute atomic E-state index is 0.129. The van der Waals surface area contributed by atoms with Crippen molar-refractivity contribution < 1.29 is 9.18 Å². The van der Waals surface area contributed by atoms with Gasteiger partial charge in [0.15, 0.2) is 0 Å². The van der Waals surface area contributed by atoms with Crippen LogP contribution in [0.4, 0.5) is 4.39 Å². The molecule has 1 aromatic heterocycles. The number of nitrogens with one attached hydrogen (secondary N) is 1. The van der Waals surface area contributed by atoms with Crippen LogP contribution in [0.3, 0.4) is 0 Å². The molecule has 0 spiro atoms. The van der Waals surface area contributed by atoms with E-state index in [1.165, 1.54) is 12.1 Å². The van der Waals surface area contributed by atoms with Gasteiger partial charge in [0, 0.05) is 0 Å². The molecule has 0 aliphatic carbocycles. The number of benzene rings is 2. The maximum atomic E-state index is 13.0. The van der Waals surface area contributed by atoms with E-state index in [2.05, 4.69) is 15.5 Å². The molecule has 0 bridgehead atoms. The van der Waals surface area contributed by atoms with E-state index >= 15 is 0 Å². The molecule has 1 heterocycles. The molecule has 0 aliphatic heterocycles. The number of amides is 1. The van der Waals surface area contributed by atoms with Crippen molar-refractivity contribution in [1.82, 2.24) is 15.0 Å². The molecule has 5 nitrogen and oxygen atoms in total. The molecular formula is C18H17FN4O. The van der Waals surface area contributed by atoms with E-state index in [-0.39, 0.29) is 18.3 Å². The Bertz CT molecular complexity index is 883. The van der Waals surface area contributed by atoms with Gasteiger partial charge in [-0.3, -0.25) is 4.79 Å². The van der Waals surface area contributed by atoms with Crippen molar-refractivity contribution in [3.63, 3.8) is 0 Å². The summed E-state index contributed by atoms with van der Waals surface area (Å²) >= 11 is 0. The molecule has 0 unspecified atom stereocenters. The molecule has 122 valence electrons. The zero-order valence-corrected chi connectivity index (χ0v) is 13.2. The van der Waals surface area contributed by atoms with Crippen LogP contribution in [0.25, 0.3) is 11.0 Å². The van der Waals surface area contributed by atoms with Crippen LogP contribution in [-0.2, 0) is 11.3 Å². The SMILES string of the molecule is CC/C(=N\NC(=O)Cn1cnc2ccccc21)c1ccc(F)cc1. The van der Waals surface area contributed by atoms with Gasteiger partial charge in [-0.1, -0.05) is 31.2 Å². The average molecular weight is 324 g/mol. The van der Waals surface area contributed by atoms with E-state index in [4.69, 9.17) is 0 Å². The monoisotopic (exact) mass is 324 g/mol. The van der Waals surface area contributed by atoms with Gasteiger partial charge in [-0.25, -0.2) is 14.8 Å². The van der Waals surface area contributed by atoms with Crippen LogP contribution >= 0.6 is 0 Å². The third-order valence-electron chi connectivity index (χ3n) is 3.67. The van der Waals surface area contributed by atoms with Gasteiger partial charge in [-0.05, 0) is 36.2 Å². The van der Waals surface area contributed by atoms with Crippen molar-refractivity contribution in [2.45, 2.75) is 19.9 Å². The fourth-order valence-corrected chi connectivity index (χ4v) is 2.45. The lowest BCUT2D eigenvalue weighted by molar-refractivity contribution is -0.121. The molecule has 1 N–H and O–H groups in total. The summed E-state index contributed by atoms with van der Waals surface area (Å²) in [6.07, 6.45) is 2.26. The number of hydrazone groups is 1. The first-order valence-electron chi connectivity index (χ1n) is 7.68. The van der Waals surface area contributed by atoms with Gasteiger partial charge < -0.3 is 4.57 Å². The zero-order valence-electron chi connectivity index (χ0n) is 13.2. The predicted octanol–water partition coefficient (Wildman–Crippen LogP) is 3.11. The summed E-state index contributed by atoms with van der Waals surface area (Å²) < 4.78 is 14.8. The second-order valence-electron chi connectivity index (χ2n) is 5.32. The van der Waals surface area contributed by atoms with Gasteiger partial charge >= 0.3 is 0 Å². The van der Waals surface area contributed by atoms with E-state index in [1.54, 1.807) is 23.0 Å². The van der Waals surface area contributed by atoms with E-state index in [9.17, 15) is 9.18 Å². The zero-order chi connectivity index (χ0) is 16.9. The molecule has 2 aromatic carbocycles. The van der Waals surface area contributed by atoms with Crippen molar-refractivity contribution >= 4 is 22.7 Å². The summed E-state index contributed by atoms with van der Waals surface area (Å²) in [6.45, 7) is 2.06. The van der Waals surface area contributed by atoms with Crippen LogP contribution in [0, 0.1) is 5.82 Å². The van der Waals surface area contributed by atoms with Crippen LogP contribution < -0.4 is 5.43 Å². The van der Waals surface area contributed by atoms with Gasteiger partial charge in [0.25, 0.3) is 5.91 Å². The van der Waals surface area contributed by atoms with Gasteiger partial charge in [-0.2, -0.15) is 5.10 Å². The Hall–Kier alpha value is -3.02. The van der Waals surface area contributed by atoms with Crippen LogP contribution in [0.2, 0.25) is 0 Å². The molecule has 24 heavy (non-hydrogen) atoms. The number of fused-ring (bicyclic) bond motifs is 1. The number of rotatable bonds is 5. The lowest BCUT2D eigenvalue weighted by Crippen LogP contribution is -2.24. The van der Waals surface area contributed by atoms with Gasteiger partial charge in [0.2, 0.25) is 0 Å². The van der Waals surface area contributed by atoms with Crippen molar-refractivity contribution in [1.29, 1.82) is 0 Å². The number of hydrogen-bond acceptors (Lipinski definition) is 3. The molecule has 0 aliphatic rings. The first-order chi connectivity index (χ1) is 11.7. The summed E-state index contributed by atoms with van der Waals surface area (Å²) in [6, 6.07) is 13.7. The van der Waals surface area contributed by atoms with Crippen molar-refractivity contribution in [3.8, 4) is 0 Å². The predicted molar refractivity (Wildman–Crippen MR) is 91.1 cm³/mol. The number of carbonyl (C=O) groups excluding carboxylic acids is 1. The van der Waals surface area contributed by atoms with Crippen LogP contribution in [0.5, 0.6) is 0 Å². The highest BCUT2D eigenvalue weighted by molar-refractivity contribution is 6.00. The summed E-state index contributed by atoms with van der Waals surface area (Å²) in [7, 11) is 0. The Morgan fingerprint density at radius 1 is 1.21 bits per heavy atom. The second kappa shape index (κ2) is 7.04. The van der Waals surface area contributed by atoms with Crippen molar-refractivity contribution in [2.24, 2.45) is 5.10 Å². The molecule has 0 radical (unpaired) electrons. The van der Waals surface area contributed by atoms with Crippen molar-refractivity contribution in [2.75, 3.05) is 0 Å². The van der Waals surface area contributed by atoms with Gasteiger partial charge in [0.1, 0.15) is 12.4 Å². The normalized spacial score (nSPS) is 11.7. The Kier molecular flexibility index (Phi) is 4.65. The number of hydrogen-bond donors (Lipinski definition) is 1. The summed E-state index contributed by atoms with van der Waals surface area (Å²) in [5, 5.41) is 4.16. The first kappa shape index (κ1) is 15.9. The van der Waals surface area contributed by atoms with Crippen molar-refractivity contribution in [3.05, 3.63) is 66.2 Å². The fourth-order valence-electron chi connectivity index (χ4n) is 2.45. The number of carbonyl (C=O) groups is 1. The molecule has 0 atom stereocenters. The highest BCUT2D eigenvalue weighted by Crippen LogP contribution is 2.11. The average Bonchev–Trinajstić information content (AvgIpc) is 3.00. The van der Waals surface area contributed by atoms with Crippen LogP contribution in [-0.4, -0.2) is 21.2 Å². The maximum Gasteiger partial charge on any atom is 0.260 e. The summed E-state index contributed by atoms with van der Waals surface area (Å²) in [4.78, 5) is 16.4. The van der Waals surface area contributed by atoms with Crippen LogP contribution in [0.15, 0.2) is 60.0 Å². The van der Waals surface area contributed by atoms with Crippen LogP contribution in [0.1, 0.15) is 18.9 Å². The molecule has 0 fully saturated rings. The summed E-state index contributed by atoms with van der Waals surface area (Å²) in [5.74, 6) is -0.545. The maximum absolute atomic E-state index is 13.0. The Balaban J connectivity index is 1.70. The minimum Gasteiger partial charge on any atom is -0.321 e. The lowest BCUT2D eigenvalue weighted by atomic mass is 10.1. The first-order valence-corrected chi connectivity index (χ1v) is 7.68. The number of para-hydroxylation sites is 2. The quantitative estimate of drug-likeness (QED) is 0.579. The minimum atomic E-state index is -0.301. The Labute approximate surface area is 138 Å². The molecule has 1 amide bonds. The number of aromatic nitrogens is 2. The van der Waals surface area contributed by atoms with Gasteiger partial charge in [0.05, 0.1) is 23.1 Å². The fraction of sp³-hybridized carbons (Fsp3) is 0.167. The number of nitrogens with zero attached hydrogens (tertiary/aromatic N) is 3. The molecule has 6 heteroatoms. The van der Waals surface area contributed by atoms with E-state index in [0.717, 1.165) is 16.6 Å². The van der Waals surface area contributed by atoms with E-state index < -0.39 is 0 Å². The molecule has 3 rings (SSSR count). The number of halogens is 1. The van der Waals surface area contributed by atoms with Gasteiger partial charge in [-0.15, -0.1) is 0 Å². The third-order valence-corrected chi connectivity index (χ3v) is 3.67.